The van der Waals surface area contributed by atoms with Crippen molar-refractivity contribution in [1.82, 2.24) is 9.97 Å². The Hall–Kier alpha value is -3.68. The molecular formula is C19H18N4O4. The number of nitrogens with zero attached hydrogens (tertiary/aromatic N) is 2. The van der Waals surface area contributed by atoms with Crippen molar-refractivity contribution in [3.63, 3.8) is 0 Å². The first-order chi connectivity index (χ1) is 13.0. The minimum absolute atomic E-state index is 0.202. The van der Waals surface area contributed by atoms with E-state index in [0.717, 1.165) is 5.76 Å². The van der Waals surface area contributed by atoms with E-state index in [0.29, 0.717) is 29.4 Å². The van der Waals surface area contributed by atoms with E-state index in [9.17, 15) is 9.59 Å². The number of nitrogens with one attached hydrogen (secondary N) is 2. The summed E-state index contributed by atoms with van der Waals surface area (Å²) in [5, 5.41) is 5.74. The SMILES string of the molecule is COC(=O)c1cccc(NC(=O)c2cc(C)nc(NCc3ccco3)n2)c1. The Kier molecular flexibility index (Phi) is 5.46. The number of carbonyl (C=O) groups excluding carboxylic acids is 2. The second-order valence-electron chi connectivity index (χ2n) is 5.68. The first-order valence-electron chi connectivity index (χ1n) is 8.17. The molecule has 0 aliphatic rings. The molecule has 0 saturated carbocycles. The third-order valence-corrected chi connectivity index (χ3v) is 3.63. The summed E-state index contributed by atoms with van der Waals surface area (Å²) in [6.07, 6.45) is 1.58. The maximum absolute atomic E-state index is 12.5. The van der Waals surface area contributed by atoms with Crippen molar-refractivity contribution in [2.75, 3.05) is 17.7 Å². The number of anilines is 2. The lowest BCUT2D eigenvalue weighted by Gasteiger charge is -2.09. The quantitative estimate of drug-likeness (QED) is 0.646. The molecule has 3 aromatic rings. The number of methoxy groups -OCH3 is 1. The van der Waals surface area contributed by atoms with Crippen LogP contribution in [0.3, 0.4) is 0 Å². The maximum atomic E-state index is 12.5. The van der Waals surface area contributed by atoms with Gasteiger partial charge in [0.1, 0.15) is 11.5 Å². The van der Waals surface area contributed by atoms with Crippen LogP contribution in [0.1, 0.15) is 32.3 Å². The highest BCUT2D eigenvalue weighted by Gasteiger charge is 2.13. The maximum Gasteiger partial charge on any atom is 0.337 e. The second-order valence-corrected chi connectivity index (χ2v) is 5.68. The number of ether oxygens (including phenoxy) is 1. The third-order valence-electron chi connectivity index (χ3n) is 3.63. The van der Waals surface area contributed by atoms with Gasteiger partial charge in [-0.05, 0) is 43.3 Å². The summed E-state index contributed by atoms with van der Waals surface area (Å²) >= 11 is 0. The molecule has 1 amide bonds. The van der Waals surface area contributed by atoms with Gasteiger partial charge in [0.05, 0.1) is 25.5 Å². The number of hydrogen-bond acceptors (Lipinski definition) is 7. The average Bonchev–Trinajstić information content (AvgIpc) is 3.19. The summed E-state index contributed by atoms with van der Waals surface area (Å²) in [6.45, 7) is 2.17. The van der Waals surface area contributed by atoms with E-state index in [-0.39, 0.29) is 5.69 Å². The Morgan fingerprint density at radius 1 is 1.15 bits per heavy atom. The van der Waals surface area contributed by atoms with Crippen LogP contribution in [0.5, 0.6) is 0 Å². The monoisotopic (exact) mass is 366 g/mol. The molecule has 2 aromatic heterocycles. The number of hydrogen-bond donors (Lipinski definition) is 2. The molecule has 0 unspecified atom stereocenters. The van der Waals surface area contributed by atoms with Crippen LogP contribution in [0.4, 0.5) is 11.6 Å². The number of aryl methyl sites for hydroxylation is 1. The van der Waals surface area contributed by atoms with Crippen LogP contribution < -0.4 is 10.6 Å². The summed E-state index contributed by atoms with van der Waals surface area (Å²) in [6, 6.07) is 11.7. The van der Waals surface area contributed by atoms with Gasteiger partial charge in [0.25, 0.3) is 5.91 Å². The zero-order valence-electron chi connectivity index (χ0n) is 14.9. The molecule has 1 aromatic carbocycles. The van der Waals surface area contributed by atoms with Crippen molar-refractivity contribution < 1.29 is 18.7 Å². The zero-order valence-corrected chi connectivity index (χ0v) is 14.9. The fraction of sp³-hybridized carbons (Fsp3) is 0.158. The molecule has 0 atom stereocenters. The molecule has 2 heterocycles. The summed E-state index contributed by atoms with van der Waals surface area (Å²) in [7, 11) is 1.30. The van der Waals surface area contributed by atoms with Crippen LogP contribution in [0.15, 0.2) is 53.1 Å². The number of rotatable bonds is 6. The second kappa shape index (κ2) is 8.13. The van der Waals surface area contributed by atoms with E-state index in [1.54, 1.807) is 43.5 Å². The lowest BCUT2D eigenvalue weighted by molar-refractivity contribution is 0.0600. The minimum Gasteiger partial charge on any atom is -0.467 e. The van der Waals surface area contributed by atoms with Crippen LogP contribution in [-0.2, 0) is 11.3 Å². The highest BCUT2D eigenvalue weighted by molar-refractivity contribution is 6.03. The van der Waals surface area contributed by atoms with Crippen molar-refractivity contribution in [3.8, 4) is 0 Å². The Balaban J connectivity index is 1.73. The predicted octanol–water partition coefficient (Wildman–Crippen LogP) is 3.03. The van der Waals surface area contributed by atoms with Crippen molar-refractivity contribution in [2.24, 2.45) is 0 Å². The smallest absolute Gasteiger partial charge is 0.337 e. The van der Waals surface area contributed by atoms with Gasteiger partial charge in [-0.15, -0.1) is 0 Å². The van der Waals surface area contributed by atoms with Gasteiger partial charge in [-0.3, -0.25) is 4.79 Å². The van der Waals surface area contributed by atoms with Gasteiger partial charge in [0, 0.05) is 11.4 Å². The normalized spacial score (nSPS) is 10.3. The van der Waals surface area contributed by atoms with Crippen molar-refractivity contribution in [1.29, 1.82) is 0 Å². The number of esters is 1. The fourth-order valence-corrected chi connectivity index (χ4v) is 2.38. The van der Waals surface area contributed by atoms with Gasteiger partial charge in [0.15, 0.2) is 0 Å². The molecule has 0 aliphatic heterocycles. The third kappa shape index (κ3) is 4.69. The molecule has 0 bridgehead atoms. The molecule has 0 saturated heterocycles. The van der Waals surface area contributed by atoms with E-state index < -0.39 is 11.9 Å². The average molecular weight is 366 g/mol. The molecular weight excluding hydrogens is 348 g/mol. The number of aromatic nitrogens is 2. The predicted molar refractivity (Wildman–Crippen MR) is 98.5 cm³/mol. The van der Waals surface area contributed by atoms with Crippen molar-refractivity contribution >= 4 is 23.5 Å². The zero-order chi connectivity index (χ0) is 19.2. The first kappa shape index (κ1) is 18.1. The largest absolute Gasteiger partial charge is 0.467 e. The summed E-state index contributed by atoms with van der Waals surface area (Å²) in [5.74, 6) is 0.155. The van der Waals surface area contributed by atoms with Gasteiger partial charge in [-0.1, -0.05) is 6.07 Å². The Labute approximate surface area is 155 Å². The van der Waals surface area contributed by atoms with Crippen LogP contribution in [0, 0.1) is 6.92 Å². The topological polar surface area (TPSA) is 106 Å². The minimum atomic E-state index is -0.478. The molecule has 0 fully saturated rings. The fourth-order valence-electron chi connectivity index (χ4n) is 2.38. The molecule has 2 N–H and O–H groups in total. The van der Waals surface area contributed by atoms with E-state index in [2.05, 4.69) is 25.3 Å². The van der Waals surface area contributed by atoms with Crippen LogP contribution >= 0.6 is 0 Å². The Morgan fingerprint density at radius 2 is 2.00 bits per heavy atom. The van der Waals surface area contributed by atoms with Gasteiger partial charge in [-0.25, -0.2) is 14.8 Å². The van der Waals surface area contributed by atoms with Crippen LogP contribution in [0.2, 0.25) is 0 Å². The molecule has 27 heavy (non-hydrogen) atoms. The highest BCUT2D eigenvalue weighted by atomic mass is 16.5. The standard InChI is InChI=1S/C19H18N4O4/c1-12-9-16(23-19(21-12)20-11-15-7-4-8-27-15)17(24)22-14-6-3-5-13(10-14)18(25)26-2/h3-10H,11H2,1-2H3,(H,22,24)(H,20,21,23). The van der Waals surface area contributed by atoms with Gasteiger partial charge < -0.3 is 19.8 Å². The summed E-state index contributed by atoms with van der Waals surface area (Å²) in [5.41, 5.74) is 1.65. The molecule has 8 nitrogen and oxygen atoms in total. The van der Waals surface area contributed by atoms with Gasteiger partial charge in [0.2, 0.25) is 5.95 Å². The highest BCUT2D eigenvalue weighted by Crippen LogP contribution is 2.14. The molecule has 0 spiro atoms. The molecule has 0 radical (unpaired) electrons. The Bertz CT molecular complexity index is 954. The van der Waals surface area contributed by atoms with Gasteiger partial charge in [-0.2, -0.15) is 0 Å². The van der Waals surface area contributed by atoms with Crippen LogP contribution in [-0.4, -0.2) is 29.0 Å². The number of furan rings is 1. The summed E-state index contributed by atoms with van der Waals surface area (Å²) < 4.78 is 9.93. The Morgan fingerprint density at radius 3 is 2.74 bits per heavy atom. The van der Waals surface area contributed by atoms with Crippen LogP contribution in [0.25, 0.3) is 0 Å². The lowest BCUT2D eigenvalue weighted by atomic mass is 10.2. The van der Waals surface area contributed by atoms with Crippen molar-refractivity contribution in [2.45, 2.75) is 13.5 Å². The van der Waals surface area contributed by atoms with E-state index in [1.165, 1.54) is 13.2 Å². The van der Waals surface area contributed by atoms with E-state index in [1.807, 2.05) is 6.07 Å². The molecule has 0 aliphatic carbocycles. The van der Waals surface area contributed by atoms with E-state index in [4.69, 9.17) is 4.42 Å². The number of amides is 1. The summed E-state index contributed by atoms with van der Waals surface area (Å²) in [4.78, 5) is 32.6. The molecule has 8 heteroatoms. The lowest BCUT2D eigenvalue weighted by Crippen LogP contribution is -2.16. The molecule has 138 valence electrons. The number of carbonyl (C=O) groups is 2. The number of benzene rings is 1. The molecule has 3 rings (SSSR count). The van der Waals surface area contributed by atoms with E-state index >= 15 is 0 Å². The van der Waals surface area contributed by atoms with Crippen molar-refractivity contribution in [3.05, 3.63) is 71.4 Å². The van der Waals surface area contributed by atoms with Gasteiger partial charge >= 0.3 is 5.97 Å². The first-order valence-corrected chi connectivity index (χ1v) is 8.17.